The van der Waals surface area contributed by atoms with Crippen LogP contribution in [0.1, 0.15) is 65.7 Å². The van der Waals surface area contributed by atoms with Crippen LogP contribution in [0.2, 0.25) is 0 Å². The molecule has 1 saturated carbocycles. The Morgan fingerprint density at radius 3 is 2.54 bits per heavy atom. The van der Waals surface area contributed by atoms with Crippen molar-refractivity contribution < 1.29 is 24.2 Å². The Labute approximate surface area is 155 Å². The van der Waals surface area contributed by atoms with Gasteiger partial charge in [-0.15, -0.1) is 0 Å². The number of nitrogens with zero attached hydrogens (tertiary/aromatic N) is 1. The van der Waals surface area contributed by atoms with E-state index in [-0.39, 0.29) is 24.5 Å². The summed E-state index contributed by atoms with van der Waals surface area (Å²) in [6.45, 7) is 5.65. The molecule has 2 N–H and O–H groups in total. The van der Waals surface area contributed by atoms with Gasteiger partial charge in [0.25, 0.3) is 0 Å². The molecule has 7 heteroatoms. The first-order valence-corrected chi connectivity index (χ1v) is 9.88. The van der Waals surface area contributed by atoms with Crippen molar-refractivity contribution in [3.05, 3.63) is 0 Å². The predicted octanol–water partition coefficient (Wildman–Crippen LogP) is 1.94. The second-order valence-corrected chi connectivity index (χ2v) is 7.43. The summed E-state index contributed by atoms with van der Waals surface area (Å²) < 4.78 is 5.20. The van der Waals surface area contributed by atoms with Gasteiger partial charge in [-0.3, -0.25) is 14.9 Å². The first kappa shape index (κ1) is 20.7. The van der Waals surface area contributed by atoms with Crippen molar-refractivity contribution in [2.75, 3.05) is 6.61 Å². The van der Waals surface area contributed by atoms with Gasteiger partial charge in [-0.1, -0.05) is 26.2 Å². The summed E-state index contributed by atoms with van der Waals surface area (Å²) in [5.41, 5.74) is 0. The topological polar surface area (TPSA) is 95.9 Å². The van der Waals surface area contributed by atoms with E-state index in [1.54, 1.807) is 18.7 Å². The summed E-state index contributed by atoms with van der Waals surface area (Å²) in [6, 6.07) is -1.90. The van der Waals surface area contributed by atoms with Gasteiger partial charge in [-0.05, 0) is 45.4 Å². The third kappa shape index (κ3) is 4.55. The Balaban J connectivity index is 2.15. The van der Waals surface area contributed by atoms with E-state index in [1.807, 2.05) is 6.92 Å². The molecule has 0 bridgehead atoms. The molecule has 1 aliphatic carbocycles. The fourth-order valence-electron chi connectivity index (χ4n) is 4.39. The van der Waals surface area contributed by atoms with Crippen molar-refractivity contribution in [3.8, 4) is 0 Å². The van der Waals surface area contributed by atoms with Crippen LogP contribution in [0.5, 0.6) is 0 Å². The number of ether oxygens (including phenoxy) is 1. The highest BCUT2D eigenvalue weighted by Crippen LogP contribution is 2.40. The highest BCUT2D eigenvalue weighted by atomic mass is 16.5. The minimum Gasteiger partial charge on any atom is -0.480 e. The molecule has 0 unspecified atom stereocenters. The molecule has 7 nitrogen and oxygen atoms in total. The van der Waals surface area contributed by atoms with Crippen molar-refractivity contribution in [2.45, 2.75) is 89.9 Å². The molecule has 0 aromatic heterocycles. The summed E-state index contributed by atoms with van der Waals surface area (Å²) in [5.74, 6) is -1.16. The zero-order valence-electron chi connectivity index (χ0n) is 16.1. The van der Waals surface area contributed by atoms with Crippen LogP contribution in [0.25, 0.3) is 0 Å². The van der Waals surface area contributed by atoms with Crippen molar-refractivity contribution in [1.82, 2.24) is 10.2 Å². The second-order valence-electron chi connectivity index (χ2n) is 7.43. The highest BCUT2D eigenvalue weighted by molar-refractivity contribution is 5.89. The molecule has 0 aromatic rings. The van der Waals surface area contributed by atoms with Gasteiger partial charge in [0, 0.05) is 6.04 Å². The molecule has 1 aliphatic heterocycles. The molecule has 1 saturated heterocycles. The molecule has 5 atom stereocenters. The summed E-state index contributed by atoms with van der Waals surface area (Å²) >= 11 is 0. The molecular formula is C19H32N2O5. The molecule has 0 spiro atoms. The van der Waals surface area contributed by atoms with Gasteiger partial charge in [0.2, 0.25) is 5.91 Å². The van der Waals surface area contributed by atoms with Gasteiger partial charge in [-0.2, -0.15) is 0 Å². The van der Waals surface area contributed by atoms with Crippen LogP contribution in [0, 0.1) is 5.92 Å². The fraction of sp³-hybridized carbons (Fsp3) is 0.842. The van der Waals surface area contributed by atoms with Gasteiger partial charge < -0.3 is 14.7 Å². The number of carboxylic acid groups (broad SMARTS) is 1. The molecule has 1 heterocycles. The number of carbonyl (C=O) groups is 3. The van der Waals surface area contributed by atoms with Crippen LogP contribution < -0.4 is 5.32 Å². The second kappa shape index (κ2) is 9.35. The number of hydrogen-bond acceptors (Lipinski definition) is 5. The SMILES string of the molecule is CCC[C@H](N[C@@H](C)C(=O)N1[C@H](C(=O)OCC)C[C@@H]2CCCC[C@@H]21)C(=O)O. The lowest BCUT2D eigenvalue weighted by molar-refractivity contribution is -0.155. The molecule has 0 radical (unpaired) electrons. The Morgan fingerprint density at radius 2 is 1.92 bits per heavy atom. The lowest BCUT2D eigenvalue weighted by Crippen LogP contribution is -2.55. The van der Waals surface area contributed by atoms with Crippen LogP contribution >= 0.6 is 0 Å². The fourth-order valence-corrected chi connectivity index (χ4v) is 4.39. The average molecular weight is 368 g/mol. The number of aliphatic carboxylic acids is 1. The number of esters is 1. The first-order chi connectivity index (χ1) is 12.4. The van der Waals surface area contributed by atoms with E-state index in [1.165, 1.54) is 0 Å². The van der Waals surface area contributed by atoms with E-state index in [9.17, 15) is 19.5 Å². The molecule has 2 rings (SSSR count). The lowest BCUT2D eigenvalue weighted by atomic mass is 9.84. The standard InChI is InChI=1S/C19H32N2O5/c1-4-8-14(18(23)24)20-12(3)17(22)21-15-10-7-6-9-13(15)11-16(21)19(25)26-5-2/h12-16,20H,4-11H2,1-3H3,(H,23,24)/t12-,13-,14-,15-,16-/m0/s1. The van der Waals surface area contributed by atoms with Gasteiger partial charge in [0.1, 0.15) is 12.1 Å². The molecule has 148 valence electrons. The van der Waals surface area contributed by atoms with Crippen molar-refractivity contribution in [1.29, 1.82) is 0 Å². The zero-order chi connectivity index (χ0) is 19.3. The molecule has 2 aliphatic rings. The molecule has 2 fully saturated rings. The smallest absolute Gasteiger partial charge is 0.328 e. The monoisotopic (exact) mass is 368 g/mol. The highest BCUT2D eigenvalue weighted by Gasteiger charge is 2.49. The summed E-state index contributed by atoms with van der Waals surface area (Å²) in [6.07, 6.45) is 5.93. The van der Waals surface area contributed by atoms with Crippen LogP contribution in [0.15, 0.2) is 0 Å². The average Bonchev–Trinajstić information content (AvgIpc) is 3.00. The van der Waals surface area contributed by atoms with Crippen molar-refractivity contribution >= 4 is 17.8 Å². The van der Waals surface area contributed by atoms with Gasteiger partial charge >= 0.3 is 11.9 Å². The summed E-state index contributed by atoms with van der Waals surface area (Å²) in [7, 11) is 0. The maximum absolute atomic E-state index is 13.1. The predicted molar refractivity (Wildman–Crippen MR) is 96.6 cm³/mol. The summed E-state index contributed by atoms with van der Waals surface area (Å²) in [4.78, 5) is 38.7. The van der Waals surface area contributed by atoms with Gasteiger partial charge in [0.15, 0.2) is 0 Å². The number of rotatable bonds is 8. The van der Waals surface area contributed by atoms with E-state index in [4.69, 9.17) is 4.74 Å². The number of nitrogens with one attached hydrogen (secondary N) is 1. The van der Waals surface area contributed by atoms with E-state index in [0.717, 1.165) is 25.7 Å². The van der Waals surface area contributed by atoms with Crippen molar-refractivity contribution in [2.24, 2.45) is 5.92 Å². The first-order valence-electron chi connectivity index (χ1n) is 9.88. The molecule has 26 heavy (non-hydrogen) atoms. The third-order valence-corrected chi connectivity index (χ3v) is 5.60. The third-order valence-electron chi connectivity index (χ3n) is 5.60. The Bertz CT molecular complexity index is 524. The Kier molecular flexibility index (Phi) is 7.43. The summed E-state index contributed by atoms with van der Waals surface area (Å²) in [5, 5.41) is 12.3. The van der Waals surface area contributed by atoms with E-state index in [0.29, 0.717) is 25.2 Å². The zero-order valence-corrected chi connectivity index (χ0v) is 16.1. The molecule has 1 amide bonds. The maximum atomic E-state index is 13.1. The van der Waals surface area contributed by atoms with E-state index >= 15 is 0 Å². The minimum absolute atomic E-state index is 0.0596. The number of carbonyl (C=O) groups excluding carboxylic acids is 2. The van der Waals surface area contributed by atoms with Gasteiger partial charge in [-0.25, -0.2) is 4.79 Å². The van der Waals surface area contributed by atoms with Gasteiger partial charge in [0.05, 0.1) is 12.6 Å². The number of hydrogen-bond donors (Lipinski definition) is 2. The Morgan fingerprint density at radius 1 is 1.23 bits per heavy atom. The largest absolute Gasteiger partial charge is 0.480 e. The van der Waals surface area contributed by atoms with E-state index in [2.05, 4.69) is 5.32 Å². The minimum atomic E-state index is -0.953. The number of amides is 1. The van der Waals surface area contributed by atoms with Crippen LogP contribution in [-0.2, 0) is 19.1 Å². The maximum Gasteiger partial charge on any atom is 0.328 e. The number of carboxylic acids is 1. The quantitative estimate of drug-likeness (QED) is 0.636. The number of fused-ring (bicyclic) bond motifs is 1. The van der Waals surface area contributed by atoms with Crippen LogP contribution in [0.3, 0.4) is 0 Å². The molecule has 0 aromatic carbocycles. The van der Waals surface area contributed by atoms with Crippen molar-refractivity contribution in [3.63, 3.8) is 0 Å². The normalized spacial score (nSPS) is 27.5. The van der Waals surface area contributed by atoms with Crippen LogP contribution in [0.4, 0.5) is 0 Å². The molecular weight excluding hydrogens is 336 g/mol. The van der Waals surface area contributed by atoms with E-state index < -0.39 is 24.1 Å². The number of likely N-dealkylation sites (tertiary alicyclic amines) is 1. The lowest BCUT2D eigenvalue weighted by Gasteiger charge is -2.35. The Hall–Kier alpha value is -1.63. The van der Waals surface area contributed by atoms with Crippen LogP contribution in [-0.4, -0.2) is 58.6 Å².